The smallest absolute Gasteiger partial charge is 0.254 e. The molecule has 1 aromatic carbocycles. The molecule has 0 spiro atoms. The standard InChI is InChI=1S/C21H23ClN4O3/c1-28-18-9-15(10-19(11-18)29-2)21(27)25-7-5-24(6-8-25)13-17-14-26-12-16(22)3-4-20(26)23-17/h3-4,9-12,14H,5-8,13H2,1-2H3. The summed E-state index contributed by atoms with van der Waals surface area (Å²) in [4.78, 5) is 21.7. The van der Waals surface area contributed by atoms with E-state index in [2.05, 4.69) is 9.88 Å². The fraction of sp³-hybridized carbons (Fsp3) is 0.333. The molecule has 0 atom stereocenters. The van der Waals surface area contributed by atoms with Gasteiger partial charge in [0.05, 0.1) is 24.9 Å². The van der Waals surface area contributed by atoms with Crippen LogP contribution in [0.2, 0.25) is 5.02 Å². The van der Waals surface area contributed by atoms with Gasteiger partial charge in [0, 0.05) is 56.7 Å². The largest absolute Gasteiger partial charge is 0.497 e. The molecule has 1 aliphatic rings. The number of carbonyl (C=O) groups is 1. The average molecular weight is 415 g/mol. The maximum atomic E-state index is 12.9. The van der Waals surface area contributed by atoms with Crippen molar-refractivity contribution in [3.63, 3.8) is 0 Å². The second-order valence-electron chi connectivity index (χ2n) is 7.01. The molecular formula is C21H23ClN4O3. The second-order valence-corrected chi connectivity index (χ2v) is 7.45. The van der Waals surface area contributed by atoms with Crippen LogP contribution < -0.4 is 9.47 Å². The summed E-state index contributed by atoms with van der Waals surface area (Å²) in [6, 6.07) is 9.01. The molecule has 7 nitrogen and oxygen atoms in total. The normalized spacial score (nSPS) is 14.9. The van der Waals surface area contributed by atoms with Gasteiger partial charge in [-0.1, -0.05) is 11.6 Å². The van der Waals surface area contributed by atoms with Gasteiger partial charge in [-0.15, -0.1) is 0 Å². The molecule has 0 radical (unpaired) electrons. The van der Waals surface area contributed by atoms with E-state index in [1.807, 2.05) is 33.8 Å². The number of halogens is 1. The number of carbonyl (C=O) groups excluding carboxylic acids is 1. The number of benzene rings is 1. The fourth-order valence-electron chi connectivity index (χ4n) is 3.55. The van der Waals surface area contributed by atoms with Gasteiger partial charge in [0.25, 0.3) is 5.91 Å². The zero-order chi connectivity index (χ0) is 20.4. The Morgan fingerprint density at radius 3 is 2.38 bits per heavy atom. The third-order valence-corrected chi connectivity index (χ3v) is 5.33. The van der Waals surface area contributed by atoms with Crippen LogP contribution >= 0.6 is 11.6 Å². The van der Waals surface area contributed by atoms with E-state index in [1.165, 1.54) is 0 Å². The molecule has 0 unspecified atom stereocenters. The molecule has 152 valence electrons. The first-order chi connectivity index (χ1) is 14.1. The highest BCUT2D eigenvalue weighted by molar-refractivity contribution is 6.30. The molecule has 8 heteroatoms. The highest BCUT2D eigenvalue weighted by Crippen LogP contribution is 2.24. The Bertz CT molecular complexity index is 1010. The Hall–Kier alpha value is -2.77. The van der Waals surface area contributed by atoms with Crippen LogP contribution in [0.3, 0.4) is 0 Å². The predicted octanol–water partition coefficient (Wildman–Crippen LogP) is 2.96. The summed E-state index contributed by atoms with van der Waals surface area (Å²) < 4.78 is 12.5. The molecule has 0 saturated carbocycles. The van der Waals surface area contributed by atoms with Crippen LogP contribution in [0.4, 0.5) is 0 Å². The van der Waals surface area contributed by atoms with E-state index >= 15 is 0 Å². The summed E-state index contributed by atoms with van der Waals surface area (Å²) in [5.74, 6) is 1.21. The molecule has 1 saturated heterocycles. The maximum Gasteiger partial charge on any atom is 0.254 e. The lowest BCUT2D eigenvalue weighted by Gasteiger charge is -2.34. The second kappa shape index (κ2) is 8.31. The molecule has 0 N–H and O–H groups in total. The highest BCUT2D eigenvalue weighted by Gasteiger charge is 2.23. The number of ether oxygens (including phenoxy) is 2. The molecule has 29 heavy (non-hydrogen) atoms. The molecule has 3 heterocycles. The van der Waals surface area contributed by atoms with E-state index in [-0.39, 0.29) is 5.91 Å². The summed E-state index contributed by atoms with van der Waals surface area (Å²) in [5, 5.41) is 0.683. The number of rotatable bonds is 5. The van der Waals surface area contributed by atoms with Crippen molar-refractivity contribution >= 4 is 23.2 Å². The molecule has 0 bridgehead atoms. The van der Waals surface area contributed by atoms with Crippen molar-refractivity contribution in [3.8, 4) is 11.5 Å². The monoisotopic (exact) mass is 414 g/mol. The Kier molecular flexibility index (Phi) is 5.60. The van der Waals surface area contributed by atoms with Crippen molar-refractivity contribution in [3.05, 3.63) is 59.0 Å². The van der Waals surface area contributed by atoms with Crippen molar-refractivity contribution in [2.75, 3.05) is 40.4 Å². The third kappa shape index (κ3) is 4.31. The zero-order valence-corrected chi connectivity index (χ0v) is 17.2. The molecule has 0 aliphatic carbocycles. The lowest BCUT2D eigenvalue weighted by Crippen LogP contribution is -2.48. The number of pyridine rings is 1. The van der Waals surface area contributed by atoms with E-state index in [1.54, 1.807) is 32.4 Å². The van der Waals surface area contributed by atoms with Gasteiger partial charge in [0.1, 0.15) is 17.1 Å². The van der Waals surface area contributed by atoms with Gasteiger partial charge in [0.2, 0.25) is 0 Å². The first-order valence-electron chi connectivity index (χ1n) is 9.43. The van der Waals surface area contributed by atoms with Gasteiger partial charge in [-0.3, -0.25) is 9.69 Å². The number of amides is 1. The van der Waals surface area contributed by atoms with Crippen molar-refractivity contribution in [2.24, 2.45) is 0 Å². The molecule has 3 aromatic rings. The van der Waals surface area contributed by atoms with Gasteiger partial charge < -0.3 is 18.8 Å². The number of fused-ring (bicyclic) bond motifs is 1. The summed E-state index contributed by atoms with van der Waals surface area (Å²) in [7, 11) is 3.16. The average Bonchev–Trinajstić information content (AvgIpc) is 3.14. The molecular weight excluding hydrogens is 392 g/mol. The number of methoxy groups -OCH3 is 2. The minimum absolute atomic E-state index is 0.00998. The predicted molar refractivity (Wildman–Crippen MR) is 111 cm³/mol. The first kappa shape index (κ1) is 19.5. The topological polar surface area (TPSA) is 59.3 Å². The van der Waals surface area contributed by atoms with Crippen LogP contribution in [0.1, 0.15) is 16.1 Å². The van der Waals surface area contributed by atoms with Crippen molar-refractivity contribution < 1.29 is 14.3 Å². The van der Waals surface area contributed by atoms with E-state index in [0.29, 0.717) is 35.2 Å². The molecule has 1 amide bonds. The summed E-state index contributed by atoms with van der Waals surface area (Å²) in [5.41, 5.74) is 2.45. The van der Waals surface area contributed by atoms with Crippen LogP contribution in [0.15, 0.2) is 42.7 Å². The van der Waals surface area contributed by atoms with Gasteiger partial charge >= 0.3 is 0 Å². The zero-order valence-electron chi connectivity index (χ0n) is 16.5. The van der Waals surface area contributed by atoms with Gasteiger partial charge in [0.15, 0.2) is 0 Å². The van der Waals surface area contributed by atoms with E-state index in [4.69, 9.17) is 21.1 Å². The molecule has 2 aromatic heterocycles. The van der Waals surface area contributed by atoms with Gasteiger partial charge in [-0.05, 0) is 24.3 Å². The van der Waals surface area contributed by atoms with Crippen LogP contribution in [0, 0.1) is 0 Å². The summed E-state index contributed by atoms with van der Waals surface area (Å²) in [6.07, 6.45) is 3.85. The minimum Gasteiger partial charge on any atom is -0.497 e. The summed E-state index contributed by atoms with van der Waals surface area (Å²) >= 11 is 6.04. The minimum atomic E-state index is -0.00998. The number of piperazine rings is 1. The van der Waals surface area contributed by atoms with Crippen molar-refractivity contribution in [1.82, 2.24) is 19.2 Å². The number of hydrogen-bond donors (Lipinski definition) is 0. The Morgan fingerprint density at radius 1 is 1.03 bits per heavy atom. The number of imidazole rings is 1. The summed E-state index contributed by atoms with van der Waals surface area (Å²) in [6.45, 7) is 3.66. The Labute approximate surface area is 174 Å². The van der Waals surface area contributed by atoms with Crippen LogP contribution in [0.25, 0.3) is 5.65 Å². The third-order valence-electron chi connectivity index (χ3n) is 5.11. The first-order valence-corrected chi connectivity index (χ1v) is 9.81. The van der Waals surface area contributed by atoms with E-state index < -0.39 is 0 Å². The Balaban J connectivity index is 1.39. The Morgan fingerprint density at radius 2 is 1.72 bits per heavy atom. The molecule has 1 fully saturated rings. The van der Waals surface area contributed by atoms with Crippen molar-refractivity contribution in [1.29, 1.82) is 0 Å². The molecule has 1 aliphatic heterocycles. The van der Waals surface area contributed by atoms with E-state index in [0.717, 1.165) is 31.0 Å². The fourth-order valence-corrected chi connectivity index (χ4v) is 3.71. The number of nitrogens with zero attached hydrogens (tertiary/aromatic N) is 4. The van der Waals surface area contributed by atoms with Crippen LogP contribution in [-0.2, 0) is 6.54 Å². The van der Waals surface area contributed by atoms with E-state index in [9.17, 15) is 4.79 Å². The number of hydrogen-bond acceptors (Lipinski definition) is 5. The van der Waals surface area contributed by atoms with Gasteiger partial charge in [-0.2, -0.15) is 0 Å². The van der Waals surface area contributed by atoms with Gasteiger partial charge in [-0.25, -0.2) is 4.98 Å². The van der Waals surface area contributed by atoms with Crippen LogP contribution in [-0.4, -0.2) is 65.5 Å². The van der Waals surface area contributed by atoms with Crippen LogP contribution in [0.5, 0.6) is 11.5 Å². The molecule has 4 rings (SSSR count). The number of aromatic nitrogens is 2. The SMILES string of the molecule is COc1cc(OC)cc(C(=O)N2CCN(Cc3cn4cc(Cl)ccc4n3)CC2)c1. The lowest BCUT2D eigenvalue weighted by atomic mass is 10.1. The lowest BCUT2D eigenvalue weighted by molar-refractivity contribution is 0.0626. The quantitative estimate of drug-likeness (QED) is 0.642. The maximum absolute atomic E-state index is 12.9. The van der Waals surface area contributed by atoms with Crippen molar-refractivity contribution in [2.45, 2.75) is 6.54 Å². The highest BCUT2D eigenvalue weighted by atomic mass is 35.5.